The summed E-state index contributed by atoms with van der Waals surface area (Å²) in [6, 6.07) is 6.31. The van der Waals surface area contributed by atoms with Crippen LogP contribution in [0.1, 0.15) is 26.7 Å². The lowest BCUT2D eigenvalue weighted by atomic mass is 9.99. The van der Waals surface area contributed by atoms with Gasteiger partial charge in [0.05, 0.1) is 17.9 Å². The summed E-state index contributed by atoms with van der Waals surface area (Å²) in [7, 11) is 0. The number of nitrogens with one attached hydrogen (secondary N) is 1. The minimum atomic E-state index is 0.293. The van der Waals surface area contributed by atoms with E-state index in [9.17, 15) is 0 Å². The lowest BCUT2D eigenvalue weighted by Gasteiger charge is -2.33. The molecule has 0 aliphatic carbocycles. The van der Waals surface area contributed by atoms with Crippen molar-refractivity contribution in [1.82, 2.24) is 14.8 Å². The first-order chi connectivity index (χ1) is 9.72. The van der Waals surface area contributed by atoms with Crippen LogP contribution < -0.4 is 5.32 Å². The van der Waals surface area contributed by atoms with E-state index in [0.29, 0.717) is 18.2 Å². The molecule has 1 saturated heterocycles. The quantitative estimate of drug-likeness (QED) is 0.933. The lowest BCUT2D eigenvalue weighted by molar-refractivity contribution is -0.0337. The van der Waals surface area contributed by atoms with Gasteiger partial charge in [0.25, 0.3) is 0 Å². The van der Waals surface area contributed by atoms with Crippen molar-refractivity contribution in [1.29, 1.82) is 0 Å². The molecule has 106 valence electrons. The Bertz CT molecular complexity index is 545. The van der Waals surface area contributed by atoms with Gasteiger partial charge in [-0.2, -0.15) is 5.10 Å². The van der Waals surface area contributed by atoms with E-state index in [1.165, 1.54) is 0 Å². The Hall–Kier alpha value is -1.88. The highest BCUT2D eigenvalue weighted by molar-refractivity contribution is 5.56. The fourth-order valence-electron chi connectivity index (χ4n) is 2.83. The molecule has 0 bridgehead atoms. The van der Waals surface area contributed by atoms with Crippen LogP contribution in [0.15, 0.2) is 36.8 Å². The summed E-state index contributed by atoms with van der Waals surface area (Å²) >= 11 is 0. The third kappa shape index (κ3) is 2.82. The van der Waals surface area contributed by atoms with Crippen LogP contribution in [0.2, 0.25) is 0 Å². The molecular weight excluding hydrogens is 252 g/mol. The number of hydrogen-bond donors (Lipinski definition) is 1. The smallest absolute Gasteiger partial charge is 0.176 e. The fourth-order valence-corrected chi connectivity index (χ4v) is 2.83. The molecule has 1 N–H and O–H groups in total. The number of pyridine rings is 1. The van der Waals surface area contributed by atoms with E-state index in [-0.39, 0.29) is 0 Å². The molecule has 5 nitrogen and oxygen atoms in total. The first-order valence-electron chi connectivity index (χ1n) is 7.09. The summed E-state index contributed by atoms with van der Waals surface area (Å²) < 4.78 is 7.57. The summed E-state index contributed by atoms with van der Waals surface area (Å²) in [5.74, 6) is 0.837. The second-order valence-corrected chi connectivity index (χ2v) is 5.40. The predicted octanol–water partition coefficient (Wildman–Crippen LogP) is 2.64. The molecule has 0 aromatic carbocycles. The van der Waals surface area contributed by atoms with Crippen LogP contribution in [-0.2, 0) is 4.74 Å². The van der Waals surface area contributed by atoms with Crippen LogP contribution in [0.3, 0.4) is 0 Å². The van der Waals surface area contributed by atoms with Gasteiger partial charge in [0.2, 0.25) is 0 Å². The van der Waals surface area contributed by atoms with Gasteiger partial charge in [0.1, 0.15) is 0 Å². The van der Waals surface area contributed by atoms with E-state index >= 15 is 0 Å². The van der Waals surface area contributed by atoms with Crippen molar-refractivity contribution < 1.29 is 4.74 Å². The van der Waals surface area contributed by atoms with E-state index in [2.05, 4.69) is 35.3 Å². The van der Waals surface area contributed by atoms with Crippen molar-refractivity contribution in [2.24, 2.45) is 0 Å². The third-order valence-electron chi connectivity index (χ3n) is 3.57. The SMILES string of the molecule is CC1CC(Nc2cccnc2-n2cccn2)CC(C)O1. The van der Waals surface area contributed by atoms with Crippen LogP contribution in [0.25, 0.3) is 5.82 Å². The molecule has 2 unspecified atom stereocenters. The second kappa shape index (κ2) is 5.63. The number of hydrogen-bond acceptors (Lipinski definition) is 4. The lowest BCUT2D eigenvalue weighted by Crippen LogP contribution is -2.37. The summed E-state index contributed by atoms with van der Waals surface area (Å²) in [4.78, 5) is 4.43. The largest absolute Gasteiger partial charge is 0.379 e. The standard InChI is InChI=1S/C15H20N4O/c1-11-9-13(10-12(2)20-11)18-14-5-3-6-16-15(14)19-8-4-7-17-19/h3-8,11-13,18H,9-10H2,1-2H3. The van der Waals surface area contributed by atoms with E-state index in [1.54, 1.807) is 17.1 Å². The maximum Gasteiger partial charge on any atom is 0.176 e. The molecule has 5 heteroatoms. The summed E-state index contributed by atoms with van der Waals surface area (Å²) in [5, 5.41) is 7.85. The van der Waals surface area contributed by atoms with Crippen LogP contribution in [0, 0.1) is 0 Å². The monoisotopic (exact) mass is 272 g/mol. The minimum Gasteiger partial charge on any atom is -0.379 e. The Kier molecular flexibility index (Phi) is 3.69. The minimum absolute atomic E-state index is 0.293. The van der Waals surface area contributed by atoms with Gasteiger partial charge in [-0.1, -0.05) is 0 Å². The summed E-state index contributed by atoms with van der Waals surface area (Å²) in [6.45, 7) is 4.25. The zero-order valence-corrected chi connectivity index (χ0v) is 11.9. The van der Waals surface area contributed by atoms with Crippen LogP contribution in [0.5, 0.6) is 0 Å². The van der Waals surface area contributed by atoms with Crippen LogP contribution in [-0.4, -0.2) is 33.0 Å². The molecule has 1 fully saturated rings. The van der Waals surface area contributed by atoms with E-state index in [1.807, 2.05) is 18.3 Å². The maximum absolute atomic E-state index is 5.78. The first-order valence-corrected chi connectivity index (χ1v) is 7.09. The summed E-state index contributed by atoms with van der Waals surface area (Å²) in [5.41, 5.74) is 1.02. The van der Waals surface area contributed by atoms with Gasteiger partial charge in [-0.3, -0.25) is 0 Å². The number of rotatable bonds is 3. The second-order valence-electron chi connectivity index (χ2n) is 5.40. The van der Waals surface area contributed by atoms with Gasteiger partial charge in [-0.25, -0.2) is 9.67 Å². The number of nitrogens with zero attached hydrogens (tertiary/aromatic N) is 3. The topological polar surface area (TPSA) is 52.0 Å². The maximum atomic E-state index is 5.78. The van der Waals surface area contributed by atoms with Gasteiger partial charge < -0.3 is 10.1 Å². The molecule has 0 amide bonds. The van der Waals surface area contributed by atoms with Gasteiger partial charge in [-0.05, 0) is 44.9 Å². The molecule has 2 aromatic heterocycles. The van der Waals surface area contributed by atoms with Gasteiger partial charge in [-0.15, -0.1) is 0 Å². The zero-order chi connectivity index (χ0) is 13.9. The van der Waals surface area contributed by atoms with Crippen LogP contribution >= 0.6 is 0 Å². The molecule has 1 aliphatic rings. The van der Waals surface area contributed by atoms with Crippen molar-refractivity contribution in [3.8, 4) is 5.82 Å². The molecule has 2 aromatic rings. The first kappa shape index (κ1) is 13.1. The Morgan fingerprint density at radius 3 is 2.70 bits per heavy atom. The zero-order valence-electron chi connectivity index (χ0n) is 11.9. The number of anilines is 1. The van der Waals surface area contributed by atoms with Crippen molar-refractivity contribution in [2.75, 3.05) is 5.32 Å². The molecular formula is C15H20N4O. The molecule has 20 heavy (non-hydrogen) atoms. The molecule has 3 rings (SSSR count). The molecule has 1 aliphatic heterocycles. The average Bonchev–Trinajstić information content (AvgIpc) is 2.92. The Balaban J connectivity index is 1.81. The predicted molar refractivity (Wildman–Crippen MR) is 78.0 cm³/mol. The molecule has 3 heterocycles. The van der Waals surface area contributed by atoms with Crippen molar-refractivity contribution in [2.45, 2.75) is 44.9 Å². The fraction of sp³-hybridized carbons (Fsp3) is 0.467. The van der Waals surface area contributed by atoms with E-state index in [0.717, 1.165) is 24.3 Å². The van der Waals surface area contributed by atoms with Gasteiger partial charge >= 0.3 is 0 Å². The van der Waals surface area contributed by atoms with Crippen molar-refractivity contribution >= 4 is 5.69 Å². The normalized spacial score (nSPS) is 26.4. The average molecular weight is 272 g/mol. The van der Waals surface area contributed by atoms with Gasteiger partial charge in [0, 0.05) is 24.6 Å². The van der Waals surface area contributed by atoms with Crippen molar-refractivity contribution in [3.63, 3.8) is 0 Å². The molecule has 2 atom stereocenters. The number of aromatic nitrogens is 3. The van der Waals surface area contributed by atoms with E-state index in [4.69, 9.17) is 4.74 Å². The summed E-state index contributed by atoms with van der Waals surface area (Å²) in [6.07, 6.45) is 8.06. The highest BCUT2D eigenvalue weighted by Gasteiger charge is 2.25. The van der Waals surface area contributed by atoms with Crippen molar-refractivity contribution in [3.05, 3.63) is 36.8 Å². The van der Waals surface area contributed by atoms with Crippen LogP contribution in [0.4, 0.5) is 5.69 Å². The Morgan fingerprint density at radius 2 is 2.00 bits per heavy atom. The highest BCUT2D eigenvalue weighted by Crippen LogP contribution is 2.24. The highest BCUT2D eigenvalue weighted by atomic mass is 16.5. The molecule has 0 radical (unpaired) electrons. The number of ether oxygens (including phenoxy) is 1. The molecule has 0 spiro atoms. The Morgan fingerprint density at radius 1 is 1.20 bits per heavy atom. The Labute approximate surface area is 119 Å². The van der Waals surface area contributed by atoms with E-state index < -0.39 is 0 Å². The third-order valence-corrected chi connectivity index (χ3v) is 3.57. The van der Waals surface area contributed by atoms with Gasteiger partial charge in [0.15, 0.2) is 5.82 Å². The molecule has 0 saturated carbocycles.